The predicted octanol–water partition coefficient (Wildman–Crippen LogP) is 4.70. The van der Waals surface area contributed by atoms with Crippen LogP contribution >= 0.6 is 11.6 Å². The van der Waals surface area contributed by atoms with Crippen LogP contribution in [0.4, 0.5) is 10.1 Å². The molecule has 29 heavy (non-hydrogen) atoms. The lowest BCUT2D eigenvalue weighted by Gasteiger charge is -2.38. The molecule has 0 saturated carbocycles. The lowest BCUT2D eigenvalue weighted by atomic mass is 9.77. The van der Waals surface area contributed by atoms with Gasteiger partial charge >= 0.3 is 5.97 Å². The lowest BCUT2D eigenvalue weighted by molar-refractivity contribution is -0.119. The molecular formula is C22H17ClFNO4. The van der Waals surface area contributed by atoms with E-state index in [1.807, 2.05) is 0 Å². The van der Waals surface area contributed by atoms with Crippen LogP contribution in [0, 0.1) is 5.82 Å². The number of ketones is 1. The van der Waals surface area contributed by atoms with Crippen molar-refractivity contribution in [2.45, 2.75) is 31.6 Å². The summed E-state index contributed by atoms with van der Waals surface area (Å²) < 4.78 is 13.4. The van der Waals surface area contributed by atoms with Gasteiger partial charge in [-0.25, -0.2) is 9.18 Å². The van der Waals surface area contributed by atoms with Crippen LogP contribution in [0.5, 0.6) is 0 Å². The molecule has 1 N–H and O–H groups in total. The second-order valence-corrected chi connectivity index (χ2v) is 7.55. The highest BCUT2D eigenvalue weighted by molar-refractivity contribution is 6.34. The second-order valence-electron chi connectivity index (χ2n) is 7.15. The minimum absolute atomic E-state index is 0.00199. The van der Waals surface area contributed by atoms with Gasteiger partial charge in [-0.3, -0.25) is 14.5 Å². The van der Waals surface area contributed by atoms with Crippen LogP contribution in [0.15, 0.2) is 53.7 Å². The first kappa shape index (κ1) is 19.3. The van der Waals surface area contributed by atoms with E-state index in [-0.39, 0.29) is 40.2 Å². The number of allylic oxidation sites excluding steroid dienone is 2. The molecule has 148 valence electrons. The number of benzene rings is 2. The molecular weight excluding hydrogens is 397 g/mol. The molecule has 4 rings (SSSR count). The molecule has 1 amide bonds. The summed E-state index contributed by atoms with van der Waals surface area (Å²) in [6.07, 6.45) is 1.48. The normalized spacial score (nSPS) is 19.4. The van der Waals surface area contributed by atoms with Crippen LogP contribution in [-0.2, 0) is 9.59 Å². The van der Waals surface area contributed by atoms with E-state index < -0.39 is 11.9 Å². The molecule has 1 atom stereocenters. The Balaban J connectivity index is 1.88. The maximum absolute atomic E-state index is 13.4. The largest absolute Gasteiger partial charge is 0.478 e. The molecule has 0 bridgehead atoms. The number of aromatic carboxylic acids is 1. The Morgan fingerprint density at radius 1 is 1.10 bits per heavy atom. The van der Waals surface area contributed by atoms with Gasteiger partial charge in [0.15, 0.2) is 5.78 Å². The Morgan fingerprint density at radius 2 is 1.83 bits per heavy atom. The number of carboxylic acids is 1. The van der Waals surface area contributed by atoms with Crippen LogP contribution in [-0.4, -0.2) is 22.8 Å². The number of rotatable bonds is 3. The van der Waals surface area contributed by atoms with Crippen molar-refractivity contribution in [3.05, 3.63) is 75.7 Å². The Labute approximate surface area is 171 Å². The summed E-state index contributed by atoms with van der Waals surface area (Å²) in [5, 5.41) is 9.54. The van der Waals surface area contributed by atoms with E-state index >= 15 is 0 Å². The Morgan fingerprint density at radius 3 is 2.52 bits per heavy atom. The number of carboxylic acid groups (broad SMARTS) is 1. The number of hydrogen-bond acceptors (Lipinski definition) is 3. The van der Waals surface area contributed by atoms with Crippen molar-refractivity contribution in [3.8, 4) is 0 Å². The first-order valence-electron chi connectivity index (χ1n) is 9.24. The van der Waals surface area contributed by atoms with Gasteiger partial charge in [-0.2, -0.15) is 0 Å². The van der Waals surface area contributed by atoms with E-state index in [4.69, 9.17) is 11.6 Å². The fraction of sp³-hybridized carbons (Fsp3) is 0.227. The summed E-state index contributed by atoms with van der Waals surface area (Å²) in [7, 11) is 0. The zero-order valence-electron chi connectivity index (χ0n) is 15.3. The Kier molecular flexibility index (Phi) is 4.96. The molecule has 0 fully saturated rings. The summed E-state index contributed by atoms with van der Waals surface area (Å²) in [5.41, 5.74) is 2.04. The molecule has 0 saturated heterocycles. The monoisotopic (exact) mass is 413 g/mol. The maximum Gasteiger partial charge on any atom is 0.335 e. The van der Waals surface area contributed by atoms with Crippen LogP contribution < -0.4 is 4.90 Å². The van der Waals surface area contributed by atoms with Crippen molar-refractivity contribution in [1.82, 2.24) is 0 Å². The number of carbonyl (C=O) groups excluding carboxylic acids is 2. The molecule has 0 radical (unpaired) electrons. The van der Waals surface area contributed by atoms with Crippen LogP contribution in [0.25, 0.3) is 0 Å². The van der Waals surface area contributed by atoms with Gasteiger partial charge in [-0.15, -0.1) is 0 Å². The molecule has 5 nitrogen and oxygen atoms in total. The van der Waals surface area contributed by atoms with E-state index in [9.17, 15) is 23.9 Å². The van der Waals surface area contributed by atoms with Gasteiger partial charge in [0.1, 0.15) is 5.82 Å². The molecule has 7 heteroatoms. The summed E-state index contributed by atoms with van der Waals surface area (Å²) in [6, 6.07) is 9.96. The SMILES string of the molecule is O=C1CCCC2=C1C(c1ccc(F)cc1)CC(=O)N2c1cc(C(=O)O)ccc1Cl. The molecule has 0 aromatic heterocycles. The number of halogens is 2. The number of anilines is 1. The van der Waals surface area contributed by atoms with Gasteiger partial charge in [0.25, 0.3) is 0 Å². The molecule has 1 aliphatic heterocycles. The first-order chi connectivity index (χ1) is 13.9. The van der Waals surface area contributed by atoms with Crippen LogP contribution in [0.1, 0.15) is 47.5 Å². The number of carbonyl (C=O) groups is 3. The topological polar surface area (TPSA) is 74.7 Å². The highest BCUT2D eigenvalue weighted by Gasteiger charge is 2.40. The average molecular weight is 414 g/mol. The smallest absolute Gasteiger partial charge is 0.335 e. The van der Waals surface area contributed by atoms with Crippen molar-refractivity contribution in [1.29, 1.82) is 0 Å². The third kappa shape index (κ3) is 3.44. The van der Waals surface area contributed by atoms with Crippen molar-refractivity contribution < 1.29 is 23.9 Å². The van der Waals surface area contributed by atoms with Gasteiger partial charge in [0.05, 0.1) is 16.3 Å². The molecule has 0 spiro atoms. The number of nitrogens with zero attached hydrogens (tertiary/aromatic N) is 1. The fourth-order valence-electron chi connectivity index (χ4n) is 4.07. The zero-order chi connectivity index (χ0) is 20.7. The average Bonchev–Trinajstić information content (AvgIpc) is 2.69. The summed E-state index contributed by atoms with van der Waals surface area (Å²) in [6.45, 7) is 0. The standard InChI is InChI=1S/C22H17ClFNO4/c23-16-9-6-13(22(28)29)10-18(16)25-17-2-1-3-19(26)21(17)15(11-20(25)27)12-4-7-14(24)8-5-12/h4-10,15H,1-3,11H2,(H,28,29). The Bertz CT molecular complexity index is 1060. The van der Waals surface area contributed by atoms with E-state index in [2.05, 4.69) is 0 Å². The molecule has 1 heterocycles. The van der Waals surface area contributed by atoms with Crippen molar-refractivity contribution in [2.24, 2.45) is 0 Å². The van der Waals surface area contributed by atoms with Crippen LogP contribution in [0.2, 0.25) is 5.02 Å². The summed E-state index contributed by atoms with van der Waals surface area (Å²) in [5.74, 6) is -2.31. The molecule has 2 aromatic carbocycles. The quantitative estimate of drug-likeness (QED) is 0.791. The molecule has 1 aliphatic carbocycles. The summed E-state index contributed by atoms with van der Waals surface area (Å²) >= 11 is 6.30. The third-order valence-corrected chi connectivity index (χ3v) is 5.70. The van der Waals surface area contributed by atoms with Crippen molar-refractivity contribution in [2.75, 3.05) is 4.90 Å². The number of Topliss-reactive ketones (excluding diaryl/α,β-unsaturated/α-hetero) is 1. The van der Waals surface area contributed by atoms with Gasteiger partial charge in [0.2, 0.25) is 5.91 Å². The van der Waals surface area contributed by atoms with Crippen LogP contribution in [0.3, 0.4) is 0 Å². The number of amides is 1. The van der Waals surface area contributed by atoms with Crippen molar-refractivity contribution >= 4 is 34.9 Å². The Hall–Kier alpha value is -2.99. The third-order valence-electron chi connectivity index (χ3n) is 5.38. The molecule has 2 aliphatic rings. The fourth-order valence-corrected chi connectivity index (χ4v) is 4.27. The van der Waals surface area contributed by atoms with Gasteiger partial charge in [0, 0.05) is 30.0 Å². The minimum Gasteiger partial charge on any atom is -0.478 e. The van der Waals surface area contributed by atoms with E-state index in [1.165, 1.54) is 35.2 Å². The van der Waals surface area contributed by atoms with Gasteiger partial charge in [-0.05, 0) is 48.7 Å². The molecule has 1 unspecified atom stereocenters. The predicted molar refractivity (Wildman–Crippen MR) is 106 cm³/mol. The highest BCUT2D eigenvalue weighted by Crippen LogP contribution is 2.44. The zero-order valence-corrected chi connectivity index (χ0v) is 16.1. The first-order valence-corrected chi connectivity index (χ1v) is 9.62. The van der Waals surface area contributed by atoms with E-state index in [0.29, 0.717) is 36.1 Å². The lowest BCUT2D eigenvalue weighted by Crippen LogP contribution is -2.40. The second kappa shape index (κ2) is 7.44. The highest BCUT2D eigenvalue weighted by atomic mass is 35.5. The van der Waals surface area contributed by atoms with E-state index in [0.717, 1.165) is 0 Å². The summed E-state index contributed by atoms with van der Waals surface area (Å²) in [4.78, 5) is 38.7. The van der Waals surface area contributed by atoms with E-state index in [1.54, 1.807) is 12.1 Å². The maximum atomic E-state index is 13.4. The van der Waals surface area contributed by atoms with Crippen molar-refractivity contribution in [3.63, 3.8) is 0 Å². The number of hydrogen-bond donors (Lipinski definition) is 1. The molecule has 2 aromatic rings. The van der Waals surface area contributed by atoms with Gasteiger partial charge < -0.3 is 5.11 Å². The van der Waals surface area contributed by atoms with Gasteiger partial charge in [-0.1, -0.05) is 23.7 Å². The minimum atomic E-state index is -1.13.